The number of halogens is 2. The standard InChI is InChI=1S/C17H13Cl2N3O3/c1-2-24-17(23)16-15(20-22-21-16)10-4-3-5-13(6-10)25-14-8-11(18)7-12(19)9-14/h3-9H,2H2,1H3,(H,20,21,22). The Bertz CT molecular complexity index is 891. The summed E-state index contributed by atoms with van der Waals surface area (Å²) in [6.45, 7) is 1.98. The van der Waals surface area contributed by atoms with Crippen LogP contribution >= 0.6 is 23.2 Å². The smallest absolute Gasteiger partial charge is 0.361 e. The zero-order valence-electron chi connectivity index (χ0n) is 13.1. The van der Waals surface area contributed by atoms with Gasteiger partial charge in [-0.3, -0.25) is 0 Å². The fourth-order valence-electron chi connectivity index (χ4n) is 2.20. The van der Waals surface area contributed by atoms with Gasteiger partial charge in [-0.25, -0.2) is 4.79 Å². The van der Waals surface area contributed by atoms with E-state index >= 15 is 0 Å². The molecule has 3 aromatic rings. The van der Waals surface area contributed by atoms with E-state index in [-0.39, 0.29) is 12.3 Å². The second kappa shape index (κ2) is 7.55. The molecule has 3 rings (SSSR count). The lowest BCUT2D eigenvalue weighted by Crippen LogP contribution is -2.06. The summed E-state index contributed by atoms with van der Waals surface area (Å²) >= 11 is 12.0. The highest BCUT2D eigenvalue weighted by Gasteiger charge is 2.19. The van der Waals surface area contributed by atoms with Crippen molar-refractivity contribution in [1.82, 2.24) is 15.4 Å². The molecule has 2 aromatic carbocycles. The zero-order valence-corrected chi connectivity index (χ0v) is 14.6. The van der Waals surface area contributed by atoms with Crippen molar-refractivity contribution in [2.45, 2.75) is 6.92 Å². The first-order valence-electron chi connectivity index (χ1n) is 7.39. The SMILES string of the molecule is CCOC(=O)c1n[nH]nc1-c1cccc(Oc2cc(Cl)cc(Cl)c2)c1. The summed E-state index contributed by atoms with van der Waals surface area (Å²) in [6.07, 6.45) is 0. The Morgan fingerprint density at radius 1 is 1.08 bits per heavy atom. The largest absolute Gasteiger partial charge is 0.461 e. The molecule has 25 heavy (non-hydrogen) atoms. The molecule has 1 heterocycles. The predicted octanol–water partition coefficient (Wildman–Crippen LogP) is 4.75. The summed E-state index contributed by atoms with van der Waals surface area (Å²) < 4.78 is 10.8. The van der Waals surface area contributed by atoms with Crippen molar-refractivity contribution >= 4 is 29.2 Å². The van der Waals surface area contributed by atoms with E-state index in [1.807, 2.05) is 0 Å². The predicted molar refractivity (Wildman–Crippen MR) is 94.3 cm³/mol. The average Bonchev–Trinajstić information content (AvgIpc) is 3.04. The molecule has 0 saturated carbocycles. The monoisotopic (exact) mass is 377 g/mol. The fourth-order valence-corrected chi connectivity index (χ4v) is 2.71. The molecule has 6 nitrogen and oxygen atoms in total. The van der Waals surface area contributed by atoms with E-state index in [0.29, 0.717) is 32.8 Å². The minimum absolute atomic E-state index is 0.116. The van der Waals surface area contributed by atoms with Crippen LogP contribution in [-0.2, 0) is 4.74 Å². The number of benzene rings is 2. The quantitative estimate of drug-likeness (QED) is 0.649. The van der Waals surface area contributed by atoms with Gasteiger partial charge in [-0.15, -0.1) is 5.10 Å². The van der Waals surface area contributed by atoms with E-state index < -0.39 is 5.97 Å². The number of esters is 1. The molecule has 1 N–H and O–H groups in total. The summed E-state index contributed by atoms with van der Waals surface area (Å²) in [7, 11) is 0. The van der Waals surface area contributed by atoms with Gasteiger partial charge in [0.1, 0.15) is 17.2 Å². The second-order valence-electron chi connectivity index (χ2n) is 4.98. The van der Waals surface area contributed by atoms with Gasteiger partial charge in [0.25, 0.3) is 0 Å². The number of aromatic amines is 1. The third kappa shape index (κ3) is 4.10. The first kappa shape index (κ1) is 17.3. The van der Waals surface area contributed by atoms with Crippen LogP contribution in [0.4, 0.5) is 0 Å². The van der Waals surface area contributed by atoms with E-state index in [0.717, 1.165) is 0 Å². The molecule has 0 amide bonds. The number of rotatable bonds is 5. The van der Waals surface area contributed by atoms with Crippen LogP contribution in [0.15, 0.2) is 42.5 Å². The maximum absolute atomic E-state index is 11.9. The summed E-state index contributed by atoms with van der Waals surface area (Å²) in [5.41, 5.74) is 1.15. The number of H-pyrrole nitrogens is 1. The molecule has 0 fully saturated rings. The van der Waals surface area contributed by atoms with Crippen LogP contribution in [0.3, 0.4) is 0 Å². The molecular formula is C17H13Cl2N3O3. The van der Waals surface area contributed by atoms with Crippen molar-refractivity contribution in [2.24, 2.45) is 0 Å². The first-order chi connectivity index (χ1) is 12.1. The minimum Gasteiger partial charge on any atom is -0.461 e. The highest BCUT2D eigenvalue weighted by Crippen LogP contribution is 2.31. The molecule has 1 aromatic heterocycles. The van der Waals surface area contributed by atoms with E-state index in [9.17, 15) is 4.79 Å². The van der Waals surface area contributed by atoms with Gasteiger partial charge < -0.3 is 9.47 Å². The Balaban J connectivity index is 1.90. The van der Waals surface area contributed by atoms with E-state index in [1.54, 1.807) is 49.4 Å². The number of nitrogens with one attached hydrogen (secondary N) is 1. The average molecular weight is 378 g/mol. The molecular weight excluding hydrogens is 365 g/mol. The summed E-state index contributed by atoms with van der Waals surface area (Å²) in [5.74, 6) is 0.494. The van der Waals surface area contributed by atoms with Gasteiger partial charge in [0.15, 0.2) is 5.69 Å². The van der Waals surface area contributed by atoms with E-state index in [2.05, 4.69) is 15.4 Å². The van der Waals surface area contributed by atoms with E-state index in [1.165, 1.54) is 0 Å². The van der Waals surface area contributed by atoms with Crippen LogP contribution in [0.5, 0.6) is 11.5 Å². The molecule has 0 aliphatic rings. The third-order valence-electron chi connectivity index (χ3n) is 3.20. The molecule has 0 bridgehead atoms. The molecule has 0 atom stereocenters. The molecule has 0 aliphatic heterocycles. The van der Waals surface area contributed by atoms with Crippen LogP contribution in [0.25, 0.3) is 11.3 Å². The molecule has 0 spiro atoms. The molecule has 8 heteroatoms. The second-order valence-corrected chi connectivity index (χ2v) is 5.85. The van der Waals surface area contributed by atoms with Crippen molar-refractivity contribution in [3.63, 3.8) is 0 Å². The first-order valence-corrected chi connectivity index (χ1v) is 8.14. The van der Waals surface area contributed by atoms with Gasteiger partial charge in [0.05, 0.1) is 6.61 Å². The molecule has 0 saturated heterocycles. The van der Waals surface area contributed by atoms with Gasteiger partial charge in [-0.2, -0.15) is 10.3 Å². The van der Waals surface area contributed by atoms with Crippen LogP contribution in [0, 0.1) is 0 Å². The van der Waals surface area contributed by atoms with Crippen LogP contribution in [0.1, 0.15) is 17.4 Å². The van der Waals surface area contributed by atoms with E-state index in [4.69, 9.17) is 32.7 Å². The Kier molecular flexibility index (Phi) is 5.21. The lowest BCUT2D eigenvalue weighted by molar-refractivity contribution is 0.0520. The topological polar surface area (TPSA) is 77.1 Å². The number of aromatic nitrogens is 3. The maximum atomic E-state index is 11.9. The highest BCUT2D eigenvalue weighted by atomic mass is 35.5. The van der Waals surface area contributed by atoms with Gasteiger partial charge in [0.2, 0.25) is 0 Å². The summed E-state index contributed by atoms with van der Waals surface area (Å²) in [4.78, 5) is 11.9. The Hall–Kier alpha value is -2.57. The summed E-state index contributed by atoms with van der Waals surface area (Å²) in [5, 5.41) is 11.3. The normalized spacial score (nSPS) is 10.5. The Morgan fingerprint density at radius 2 is 1.84 bits per heavy atom. The van der Waals surface area contributed by atoms with Crippen molar-refractivity contribution in [3.05, 3.63) is 58.2 Å². The van der Waals surface area contributed by atoms with Gasteiger partial charge in [0, 0.05) is 15.6 Å². The molecule has 0 unspecified atom stereocenters. The fraction of sp³-hybridized carbons (Fsp3) is 0.118. The van der Waals surface area contributed by atoms with Crippen LogP contribution in [-0.4, -0.2) is 28.0 Å². The van der Waals surface area contributed by atoms with Gasteiger partial charge in [-0.1, -0.05) is 35.3 Å². The Labute approximate surface area is 153 Å². The van der Waals surface area contributed by atoms with Gasteiger partial charge in [-0.05, 0) is 37.3 Å². The van der Waals surface area contributed by atoms with Crippen LogP contribution in [0.2, 0.25) is 10.0 Å². The van der Waals surface area contributed by atoms with Crippen molar-refractivity contribution in [3.8, 4) is 22.8 Å². The van der Waals surface area contributed by atoms with Crippen molar-refractivity contribution in [1.29, 1.82) is 0 Å². The number of hydrogen-bond acceptors (Lipinski definition) is 5. The number of nitrogens with zero attached hydrogens (tertiary/aromatic N) is 2. The lowest BCUT2D eigenvalue weighted by Gasteiger charge is -2.08. The summed E-state index contributed by atoms with van der Waals surface area (Å²) in [6, 6.07) is 12.0. The number of hydrogen-bond donors (Lipinski definition) is 1. The Morgan fingerprint density at radius 3 is 2.56 bits per heavy atom. The molecule has 128 valence electrons. The maximum Gasteiger partial charge on any atom is 0.361 e. The third-order valence-corrected chi connectivity index (χ3v) is 3.63. The minimum atomic E-state index is -0.542. The van der Waals surface area contributed by atoms with Crippen LogP contribution < -0.4 is 4.74 Å². The number of carbonyl (C=O) groups excluding carboxylic acids is 1. The van der Waals surface area contributed by atoms with Gasteiger partial charge >= 0.3 is 5.97 Å². The number of ether oxygens (including phenoxy) is 2. The molecule has 0 aliphatic carbocycles. The van der Waals surface area contributed by atoms with Crippen molar-refractivity contribution in [2.75, 3.05) is 6.61 Å². The number of carbonyl (C=O) groups is 1. The highest BCUT2D eigenvalue weighted by molar-refractivity contribution is 6.34. The van der Waals surface area contributed by atoms with Crippen molar-refractivity contribution < 1.29 is 14.3 Å². The molecule has 0 radical (unpaired) electrons. The lowest BCUT2D eigenvalue weighted by atomic mass is 10.1. The zero-order chi connectivity index (χ0) is 17.8.